The van der Waals surface area contributed by atoms with Gasteiger partial charge in [0, 0.05) is 50.1 Å². The first-order valence-electron chi connectivity index (χ1n) is 9.91. The molecule has 2 heterocycles. The van der Waals surface area contributed by atoms with E-state index in [1.807, 2.05) is 6.07 Å². The highest BCUT2D eigenvalue weighted by molar-refractivity contribution is 6.30. The standard InChI is InChI=1S/C21H28ClN5O2/c1-21(2,29-18-7-5-17(22)6-8-18)19(28)23-11-4-12-26-13-15-27(16-14-26)20-24-9-3-10-25-20/h3,5-10H,4,11-16H2,1-2H3,(H,23,28). The van der Waals surface area contributed by atoms with Gasteiger partial charge in [-0.15, -0.1) is 0 Å². The van der Waals surface area contributed by atoms with Gasteiger partial charge in [-0.3, -0.25) is 9.69 Å². The van der Waals surface area contributed by atoms with Crippen LogP contribution in [0, 0.1) is 0 Å². The van der Waals surface area contributed by atoms with Crippen LogP contribution in [0.2, 0.25) is 5.02 Å². The highest BCUT2D eigenvalue weighted by Crippen LogP contribution is 2.21. The molecule has 1 aliphatic heterocycles. The molecule has 0 unspecified atom stereocenters. The van der Waals surface area contributed by atoms with Gasteiger partial charge in [0.2, 0.25) is 5.95 Å². The third-order valence-electron chi connectivity index (χ3n) is 4.88. The molecule has 1 aliphatic rings. The van der Waals surface area contributed by atoms with Gasteiger partial charge in [0.25, 0.3) is 5.91 Å². The van der Waals surface area contributed by atoms with E-state index in [2.05, 4.69) is 25.1 Å². The lowest BCUT2D eigenvalue weighted by Gasteiger charge is -2.34. The Kier molecular flexibility index (Phi) is 7.28. The molecule has 29 heavy (non-hydrogen) atoms. The molecular weight excluding hydrogens is 390 g/mol. The summed E-state index contributed by atoms with van der Waals surface area (Å²) in [4.78, 5) is 25.7. The summed E-state index contributed by atoms with van der Waals surface area (Å²) in [6.45, 7) is 8.87. The Balaban J connectivity index is 1.34. The molecule has 1 aromatic heterocycles. The van der Waals surface area contributed by atoms with Crippen molar-refractivity contribution in [2.24, 2.45) is 0 Å². The van der Waals surface area contributed by atoms with Crippen LogP contribution in [0.25, 0.3) is 0 Å². The van der Waals surface area contributed by atoms with Crippen molar-refractivity contribution in [2.75, 3.05) is 44.2 Å². The maximum atomic E-state index is 12.5. The van der Waals surface area contributed by atoms with Gasteiger partial charge in [0.1, 0.15) is 5.75 Å². The molecule has 3 rings (SSSR count). The van der Waals surface area contributed by atoms with Crippen LogP contribution in [0.15, 0.2) is 42.7 Å². The fourth-order valence-corrected chi connectivity index (χ4v) is 3.31. The number of hydrogen-bond acceptors (Lipinski definition) is 6. The summed E-state index contributed by atoms with van der Waals surface area (Å²) in [6, 6.07) is 8.84. The van der Waals surface area contributed by atoms with Crippen molar-refractivity contribution in [2.45, 2.75) is 25.9 Å². The van der Waals surface area contributed by atoms with E-state index in [1.165, 1.54) is 0 Å². The molecule has 2 aromatic rings. The zero-order chi connectivity index (χ0) is 20.7. The van der Waals surface area contributed by atoms with Gasteiger partial charge in [-0.2, -0.15) is 0 Å². The summed E-state index contributed by atoms with van der Waals surface area (Å²) < 4.78 is 5.82. The van der Waals surface area contributed by atoms with Gasteiger partial charge < -0.3 is 15.0 Å². The molecule has 8 heteroatoms. The Morgan fingerprint density at radius 2 is 1.79 bits per heavy atom. The largest absolute Gasteiger partial charge is 0.478 e. The van der Waals surface area contributed by atoms with E-state index in [-0.39, 0.29) is 5.91 Å². The molecule has 1 fully saturated rings. The zero-order valence-electron chi connectivity index (χ0n) is 17.0. The number of aromatic nitrogens is 2. The number of nitrogens with one attached hydrogen (secondary N) is 1. The molecule has 1 aromatic carbocycles. The second-order valence-electron chi connectivity index (χ2n) is 7.55. The molecule has 7 nitrogen and oxygen atoms in total. The summed E-state index contributed by atoms with van der Waals surface area (Å²) in [5, 5.41) is 3.62. The minimum atomic E-state index is -0.949. The van der Waals surface area contributed by atoms with E-state index in [1.54, 1.807) is 50.5 Å². The number of carbonyl (C=O) groups is 1. The van der Waals surface area contributed by atoms with Gasteiger partial charge in [-0.05, 0) is 57.1 Å². The number of rotatable bonds is 8. The van der Waals surface area contributed by atoms with Crippen molar-refractivity contribution in [3.05, 3.63) is 47.7 Å². The first-order valence-corrected chi connectivity index (χ1v) is 10.3. The van der Waals surface area contributed by atoms with Gasteiger partial charge >= 0.3 is 0 Å². The molecule has 0 saturated carbocycles. The van der Waals surface area contributed by atoms with Crippen molar-refractivity contribution >= 4 is 23.5 Å². The second kappa shape index (κ2) is 9.89. The molecule has 156 valence electrons. The van der Waals surface area contributed by atoms with Crippen molar-refractivity contribution < 1.29 is 9.53 Å². The van der Waals surface area contributed by atoms with Gasteiger partial charge in [0.05, 0.1) is 0 Å². The number of carbonyl (C=O) groups excluding carboxylic acids is 1. The molecule has 0 atom stereocenters. The number of benzene rings is 1. The fraction of sp³-hybridized carbons (Fsp3) is 0.476. The molecule has 0 bridgehead atoms. The number of nitrogens with zero attached hydrogens (tertiary/aromatic N) is 4. The third-order valence-corrected chi connectivity index (χ3v) is 5.13. The normalized spacial score (nSPS) is 15.2. The first kappa shape index (κ1) is 21.3. The van der Waals surface area contributed by atoms with Crippen LogP contribution in [0.3, 0.4) is 0 Å². The summed E-state index contributed by atoms with van der Waals surface area (Å²) in [5.41, 5.74) is -0.949. The molecule has 0 radical (unpaired) electrons. The molecule has 1 saturated heterocycles. The van der Waals surface area contributed by atoms with E-state index in [9.17, 15) is 4.79 Å². The highest BCUT2D eigenvalue weighted by atomic mass is 35.5. The lowest BCUT2D eigenvalue weighted by molar-refractivity contribution is -0.134. The van der Waals surface area contributed by atoms with E-state index in [4.69, 9.17) is 16.3 Å². The van der Waals surface area contributed by atoms with Gasteiger partial charge in [-0.25, -0.2) is 9.97 Å². The molecular formula is C21H28ClN5O2. The van der Waals surface area contributed by atoms with Crippen LogP contribution in [0.1, 0.15) is 20.3 Å². The van der Waals surface area contributed by atoms with Crippen LogP contribution in [0.4, 0.5) is 5.95 Å². The summed E-state index contributed by atoms with van der Waals surface area (Å²) >= 11 is 5.89. The summed E-state index contributed by atoms with van der Waals surface area (Å²) in [6.07, 6.45) is 4.44. The minimum Gasteiger partial charge on any atom is -0.478 e. The number of amides is 1. The molecule has 0 spiro atoms. The smallest absolute Gasteiger partial charge is 0.263 e. The minimum absolute atomic E-state index is 0.126. The van der Waals surface area contributed by atoms with Crippen molar-refractivity contribution in [1.29, 1.82) is 0 Å². The maximum absolute atomic E-state index is 12.5. The fourth-order valence-electron chi connectivity index (χ4n) is 3.19. The highest BCUT2D eigenvalue weighted by Gasteiger charge is 2.29. The predicted octanol–water partition coefficient (Wildman–Crippen LogP) is 2.62. The van der Waals surface area contributed by atoms with Crippen LogP contribution in [-0.4, -0.2) is 65.6 Å². The third kappa shape index (κ3) is 6.30. The quantitative estimate of drug-likeness (QED) is 0.666. The van der Waals surface area contributed by atoms with Crippen LogP contribution >= 0.6 is 11.6 Å². The molecule has 1 N–H and O–H groups in total. The number of hydrogen-bond donors (Lipinski definition) is 1. The Morgan fingerprint density at radius 3 is 2.45 bits per heavy atom. The van der Waals surface area contributed by atoms with E-state index >= 15 is 0 Å². The van der Waals surface area contributed by atoms with Crippen LogP contribution in [-0.2, 0) is 4.79 Å². The Bertz CT molecular complexity index is 777. The topological polar surface area (TPSA) is 70.6 Å². The van der Waals surface area contributed by atoms with Crippen molar-refractivity contribution in [1.82, 2.24) is 20.2 Å². The lowest BCUT2D eigenvalue weighted by atomic mass is 10.1. The van der Waals surface area contributed by atoms with Gasteiger partial charge in [-0.1, -0.05) is 11.6 Å². The lowest BCUT2D eigenvalue weighted by Crippen LogP contribution is -2.49. The molecule has 1 amide bonds. The molecule has 0 aliphatic carbocycles. The Hall–Kier alpha value is -2.38. The first-order chi connectivity index (χ1) is 13.9. The number of halogens is 1. The number of anilines is 1. The Morgan fingerprint density at radius 1 is 1.14 bits per heavy atom. The van der Waals surface area contributed by atoms with Gasteiger partial charge in [0.15, 0.2) is 5.60 Å². The maximum Gasteiger partial charge on any atom is 0.263 e. The van der Waals surface area contributed by atoms with E-state index < -0.39 is 5.60 Å². The van der Waals surface area contributed by atoms with Crippen molar-refractivity contribution in [3.8, 4) is 5.75 Å². The van der Waals surface area contributed by atoms with Crippen molar-refractivity contribution in [3.63, 3.8) is 0 Å². The Labute approximate surface area is 177 Å². The van der Waals surface area contributed by atoms with E-state index in [0.29, 0.717) is 17.3 Å². The van der Waals surface area contributed by atoms with Crippen LogP contribution in [0.5, 0.6) is 5.75 Å². The zero-order valence-corrected chi connectivity index (χ0v) is 17.7. The SMILES string of the molecule is CC(C)(Oc1ccc(Cl)cc1)C(=O)NCCCN1CCN(c2ncccn2)CC1. The summed E-state index contributed by atoms with van der Waals surface area (Å²) in [7, 11) is 0. The van der Waals surface area contributed by atoms with E-state index in [0.717, 1.165) is 45.1 Å². The number of ether oxygens (including phenoxy) is 1. The number of piperazine rings is 1. The summed E-state index contributed by atoms with van der Waals surface area (Å²) in [5.74, 6) is 1.29. The van der Waals surface area contributed by atoms with Crippen LogP contribution < -0.4 is 15.0 Å². The monoisotopic (exact) mass is 417 g/mol. The predicted molar refractivity (Wildman–Crippen MR) is 114 cm³/mol. The second-order valence-corrected chi connectivity index (χ2v) is 7.99. The average Bonchev–Trinajstić information content (AvgIpc) is 2.73. The average molecular weight is 418 g/mol.